The highest BCUT2D eigenvalue weighted by molar-refractivity contribution is 5.78. The van der Waals surface area contributed by atoms with Crippen molar-refractivity contribution in [2.24, 2.45) is 0 Å². The zero-order valence-corrected chi connectivity index (χ0v) is 20.0. The Morgan fingerprint density at radius 3 is 2.39 bits per heavy atom. The topological polar surface area (TPSA) is 56.2 Å². The van der Waals surface area contributed by atoms with Crippen LogP contribution in [0.2, 0.25) is 0 Å². The molecule has 0 aliphatic rings. The first-order valence-electron chi connectivity index (χ1n) is 11.3. The molecule has 170 valence electrons. The van der Waals surface area contributed by atoms with Gasteiger partial charge in [0.2, 0.25) is 0 Å². The highest BCUT2D eigenvalue weighted by atomic mass is 16.5. The van der Waals surface area contributed by atoms with E-state index in [1.165, 1.54) is 22.3 Å². The van der Waals surface area contributed by atoms with Crippen molar-refractivity contribution in [3.63, 3.8) is 0 Å². The van der Waals surface area contributed by atoms with Crippen LogP contribution in [0.1, 0.15) is 39.2 Å². The van der Waals surface area contributed by atoms with Crippen molar-refractivity contribution in [3.8, 4) is 5.75 Å². The predicted octanol–water partition coefficient (Wildman–Crippen LogP) is 5.32. The van der Waals surface area contributed by atoms with Crippen molar-refractivity contribution in [1.82, 2.24) is 14.9 Å². The van der Waals surface area contributed by atoms with Crippen molar-refractivity contribution < 1.29 is 9.53 Å². The molecule has 0 saturated carbocycles. The van der Waals surface area contributed by atoms with E-state index < -0.39 is 0 Å². The Balaban J connectivity index is 1.52. The van der Waals surface area contributed by atoms with Gasteiger partial charge in [-0.3, -0.25) is 4.79 Å². The van der Waals surface area contributed by atoms with E-state index in [1.54, 1.807) is 0 Å². The van der Waals surface area contributed by atoms with E-state index in [0.29, 0.717) is 13.1 Å². The monoisotopic (exact) mass is 441 g/mol. The fraction of sp³-hybridized carbons (Fsp3) is 0.286. The summed E-state index contributed by atoms with van der Waals surface area (Å²) in [4.78, 5) is 17.4. The Bertz CT molecular complexity index is 1300. The van der Waals surface area contributed by atoms with Gasteiger partial charge in [0, 0.05) is 6.54 Å². The molecule has 0 unspecified atom stereocenters. The molecule has 3 aromatic carbocycles. The fourth-order valence-corrected chi connectivity index (χ4v) is 4.29. The number of carbonyl (C=O) groups excluding carboxylic acids is 1. The van der Waals surface area contributed by atoms with Crippen LogP contribution in [0.5, 0.6) is 5.75 Å². The molecule has 0 bridgehead atoms. The molecule has 1 heterocycles. The Morgan fingerprint density at radius 2 is 1.64 bits per heavy atom. The summed E-state index contributed by atoms with van der Waals surface area (Å²) in [6.07, 6.45) is 0. The number of carbonyl (C=O) groups is 1. The second-order valence-corrected chi connectivity index (χ2v) is 8.81. The highest BCUT2D eigenvalue weighted by Crippen LogP contribution is 2.23. The molecule has 0 atom stereocenters. The number of aromatic nitrogens is 2. The Morgan fingerprint density at radius 1 is 0.909 bits per heavy atom. The summed E-state index contributed by atoms with van der Waals surface area (Å²) >= 11 is 0. The van der Waals surface area contributed by atoms with E-state index >= 15 is 0 Å². The van der Waals surface area contributed by atoms with Gasteiger partial charge < -0.3 is 14.6 Å². The van der Waals surface area contributed by atoms with Gasteiger partial charge in [-0.2, -0.15) is 0 Å². The number of imidazole rings is 1. The first kappa shape index (κ1) is 22.6. The first-order chi connectivity index (χ1) is 15.8. The van der Waals surface area contributed by atoms with Gasteiger partial charge >= 0.3 is 0 Å². The molecule has 0 saturated heterocycles. The standard InChI is InChI=1S/C28H31N3O2/c1-18-10-11-20(3)26(14-18)33-17-28(32)29-15-27-30-24-8-6-7-9-25(24)31(27)16-23-21(4)12-19(2)13-22(23)5/h6-14H,15-17H2,1-5H3,(H,29,32). The molecule has 0 spiro atoms. The number of nitrogens with zero attached hydrogens (tertiary/aromatic N) is 2. The predicted molar refractivity (Wildman–Crippen MR) is 133 cm³/mol. The van der Waals surface area contributed by atoms with Crippen molar-refractivity contribution >= 4 is 16.9 Å². The zero-order valence-electron chi connectivity index (χ0n) is 20.0. The Hall–Kier alpha value is -3.60. The molecule has 4 aromatic rings. The number of ether oxygens (including phenoxy) is 1. The molecule has 33 heavy (non-hydrogen) atoms. The van der Waals surface area contributed by atoms with E-state index in [4.69, 9.17) is 9.72 Å². The van der Waals surface area contributed by atoms with E-state index in [2.05, 4.69) is 48.9 Å². The van der Waals surface area contributed by atoms with Crippen molar-refractivity contribution in [2.75, 3.05) is 6.61 Å². The van der Waals surface area contributed by atoms with Gasteiger partial charge in [0.1, 0.15) is 11.6 Å². The number of benzene rings is 3. The number of aryl methyl sites for hydroxylation is 5. The number of amides is 1. The van der Waals surface area contributed by atoms with Gasteiger partial charge in [0.15, 0.2) is 6.61 Å². The zero-order chi connectivity index (χ0) is 23.5. The molecule has 0 fully saturated rings. The summed E-state index contributed by atoms with van der Waals surface area (Å²) in [7, 11) is 0. The third-order valence-electron chi connectivity index (χ3n) is 6.04. The molecule has 4 rings (SSSR count). The molecule has 0 aliphatic carbocycles. The SMILES string of the molecule is Cc1cc(C)c(Cn2c(CNC(=O)COc3cc(C)ccc3C)nc3ccccc32)c(C)c1. The molecular formula is C28H31N3O2. The van der Waals surface area contributed by atoms with Gasteiger partial charge in [0.05, 0.1) is 17.6 Å². The van der Waals surface area contributed by atoms with Gasteiger partial charge in [0.25, 0.3) is 5.91 Å². The van der Waals surface area contributed by atoms with Gasteiger partial charge in [-0.25, -0.2) is 4.98 Å². The summed E-state index contributed by atoms with van der Waals surface area (Å²) < 4.78 is 7.96. The Labute approximate surface area is 195 Å². The van der Waals surface area contributed by atoms with E-state index in [0.717, 1.165) is 33.7 Å². The second-order valence-electron chi connectivity index (χ2n) is 8.81. The van der Waals surface area contributed by atoms with Gasteiger partial charge in [-0.15, -0.1) is 0 Å². The van der Waals surface area contributed by atoms with Crippen LogP contribution < -0.4 is 10.1 Å². The lowest BCUT2D eigenvalue weighted by atomic mass is 9.99. The summed E-state index contributed by atoms with van der Waals surface area (Å²) in [5.74, 6) is 1.40. The lowest BCUT2D eigenvalue weighted by Crippen LogP contribution is -2.29. The van der Waals surface area contributed by atoms with Crippen LogP contribution >= 0.6 is 0 Å². The first-order valence-corrected chi connectivity index (χ1v) is 11.3. The van der Waals surface area contributed by atoms with Crippen molar-refractivity contribution in [2.45, 2.75) is 47.7 Å². The van der Waals surface area contributed by atoms with Crippen molar-refractivity contribution in [1.29, 1.82) is 0 Å². The largest absolute Gasteiger partial charge is 0.483 e. The minimum absolute atomic E-state index is 0.0271. The molecule has 0 radical (unpaired) electrons. The van der Waals surface area contributed by atoms with Crippen molar-refractivity contribution in [3.05, 3.63) is 93.8 Å². The highest BCUT2D eigenvalue weighted by Gasteiger charge is 2.15. The van der Waals surface area contributed by atoms with Crippen LogP contribution in [0.4, 0.5) is 0 Å². The molecule has 1 amide bonds. The number of hydrogen-bond acceptors (Lipinski definition) is 3. The number of nitrogens with one attached hydrogen (secondary N) is 1. The van der Waals surface area contributed by atoms with Crippen LogP contribution in [0.3, 0.4) is 0 Å². The molecule has 5 heteroatoms. The quantitative estimate of drug-likeness (QED) is 0.422. The summed E-state index contributed by atoms with van der Waals surface area (Å²) in [6.45, 7) is 11.4. The average Bonchev–Trinajstić information content (AvgIpc) is 3.12. The van der Waals surface area contributed by atoms with E-state index in [-0.39, 0.29) is 12.5 Å². The summed E-state index contributed by atoms with van der Waals surface area (Å²) in [5.41, 5.74) is 9.19. The van der Waals surface area contributed by atoms with Crippen LogP contribution in [0.15, 0.2) is 54.6 Å². The van der Waals surface area contributed by atoms with Crippen LogP contribution in [-0.2, 0) is 17.9 Å². The molecule has 0 aliphatic heterocycles. The average molecular weight is 442 g/mol. The van der Waals surface area contributed by atoms with E-state index in [1.807, 2.05) is 50.2 Å². The van der Waals surface area contributed by atoms with Gasteiger partial charge in [-0.05, 0) is 80.6 Å². The second kappa shape index (κ2) is 9.49. The molecule has 1 aromatic heterocycles. The van der Waals surface area contributed by atoms with Crippen LogP contribution in [0, 0.1) is 34.6 Å². The van der Waals surface area contributed by atoms with Crippen LogP contribution in [0.25, 0.3) is 11.0 Å². The third kappa shape index (κ3) is 5.08. The minimum Gasteiger partial charge on any atom is -0.483 e. The third-order valence-corrected chi connectivity index (χ3v) is 6.04. The number of fused-ring (bicyclic) bond motifs is 1. The summed E-state index contributed by atoms with van der Waals surface area (Å²) in [6, 6.07) is 18.5. The fourth-order valence-electron chi connectivity index (χ4n) is 4.29. The Kier molecular flexibility index (Phi) is 6.50. The maximum atomic E-state index is 12.5. The number of para-hydroxylation sites is 2. The van der Waals surface area contributed by atoms with Crippen LogP contribution in [-0.4, -0.2) is 22.1 Å². The normalized spacial score (nSPS) is 11.1. The maximum absolute atomic E-state index is 12.5. The lowest BCUT2D eigenvalue weighted by molar-refractivity contribution is -0.123. The number of hydrogen-bond donors (Lipinski definition) is 1. The smallest absolute Gasteiger partial charge is 0.258 e. The molecule has 1 N–H and O–H groups in total. The summed E-state index contributed by atoms with van der Waals surface area (Å²) in [5, 5.41) is 2.98. The maximum Gasteiger partial charge on any atom is 0.258 e. The number of rotatable bonds is 7. The molecule has 5 nitrogen and oxygen atoms in total. The minimum atomic E-state index is -0.169. The molecular weight excluding hydrogens is 410 g/mol. The lowest BCUT2D eigenvalue weighted by Gasteiger charge is -2.15. The van der Waals surface area contributed by atoms with E-state index in [9.17, 15) is 4.79 Å². The van der Waals surface area contributed by atoms with Gasteiger partial charge in [-0.1, -0.05) is 42.0 Å².